The Hall–Kier alpha value is -2.83. The number of allylic oxidation sites excluding steroid dienone is 13. The third kappa shape index (κ3) is 38.4. The van der Waals surface area contributed by atoms with E-state index in [1.165, 1.54) is 161 Å². The third-order valence-corrected chi connectivity index (χ3v) is 16.1. The van der Waals surface area contributed by atoms with Crippen molar-refractivity contribution in [3.05, 3.63) is 85.1 Å². The molecule has 2 aliphatic heterocycles. The monoisotopic (exact) mass is 1190 g/mol. The van der Waals surface area contributed by atoms with Crippen molar-refractivity contribution in [2.24, 2.45) is 0 Å². The van der Waals surface area contributed by atoms with Crippen LogP contribution in [0.15, 0.2) is 85.1 Å². The average molecular weight is 1190 g/mol. The Kier molecular flexibility index (Phi) is 50.0. The molecular formula is C70H123NO13. The molecule has 0 spiro atoms. The minimum absolute atomic E-state index is 0.250. The topological polar surface area (TPSA) is 228 Å². The van der Waals surface area contributed by atoms with Crippen molar-refractivity contribution in [1.82, 2.24) is 5.32 Å². The molecule has 2 saturated heterocycles. The first kappa shape index (κ1) is 77.3. The van der Waals surface area contributed by atoms with Crippen molar-refractivity contribution in [2.75, 3.05) is 19.8 Å². The Balaban J connectivity index is 1.69. The normalized spacial score (nSPS) is 24.2. The van der Waals surface area contributed by atoms with Crippen molar-refractivity contribution in [3.63, 3.8) is 0 Å². The lowest BCUT2D eigenvalue weighted by molar-refractivity contribution is -0.359. The first-order chi connectivity index (χ1) is 41.1. The van der Waals surface area contributed by atoms with Gasteiger partial charge in [-0.1, -0.05) is 259 Å². The molecule has 0 aromatic heterocycles. The number of hydrogen-bond acceptors (Lipinski definition) is 13. The number of amides is 1. The molecule has 14 heteroatoms. The van der Waals surface area contributed by atoms with E-state index in [0.29, 0.717) is 12.8 Å². The van der Waals surface area contributed by atoms with Gasteiger partial charge in [0.25, 0.3) is 0 Å². The Morgan fingerprint density at radius 3 is 1.31 bits per heavy atom. The lowest BCUT2D eigenvalue weighted by Crippen LogP contribution is -2.65. The predicted octanol–water partition coefficient (Wildman–Crippen LogP) is 13.2. The summed E-state index contributed by atoms with van der Waals surface area (Å²) in [7, 11) is 0. The first-order valence-corrected chi connectivity index (χ1v) is 33.8. The first-order valence-electron chi connectivity index (χ1n) is 33.8. The second-order valence-corrected chi connectivity index (χ2v) is 23.6. The molecule has 14 nitrogen and oxygen atoms in total. The zero-order chi connectivity index (χ0) is 60.9. The smallest absolute Gasteiger partial charge is 0.220 e. The van der Waals surface area contributed by atoms with Crippen molar-refractivity contribution in [1.29, 1.82) is 0 Å². The lowest BCUT2D eigenvalue weighted by atomic mass is 9.97. The van der Waals surface area contributed by atoms with Gasteiger partial charge < -0.3 is 65.1 Å². The van der Waals surface area contributed by atoms with Crippen LogP contribution in [0.5, 0.6) is 0 Å². The largest absolute Gasteiger partial charge is 0.394 e. The molecule has 0 radical (unpaired) electrons. The molecular weight excluding hydrogens is 1060 g/mol. The van der Waals surface area contributed by atoms with Gasteiger partial charge in [0, 0.05) is 6.42 Å². The Morgan fingerprint density at radius 1 is 0.440 bits per heavy atom. The van der Waals surface area contributed by atoms with Crippen LogP contribution in [0.1, 0.15) is 258 Å². The highest BCUT2D eigenvalue weighted by Crippen LogP contribution is 2.30. The van der Waals surface area contributed by atoms with Crippen LogP contribution in [0, 0.1) is 0 Å². The van der Waals surface area contributed by atoms with Gasteiger partial charge in [-0.2, -0.15) is 0 Å². The van der Waals surface area contributed by atoms with Crippen molar-refractivity contribution in [2.45, 2.75) is 331 Å². The summed E-state index contributed by atoms with van der Waals surface area (Å²) in [6.45, 7) is 2.68. The zero-order valence-electron chi connectivity index (χ0n) is 52.6. The predicted molar refractivity (Wildman–Crippen MR) is 341 cm³/mol. The molecule has 0 saturated carbocycles. The highest BCUT2D eigenvalue weighted by atomic mass is 16.7. The van der Waals surface area contributed by atoms with E-state index in [9.17, 15) is 45.6 Å². The Bertz CT molecular complexity index is 1730. The summed E-state index contributed by atoms with van der Waals surface area (Å²) >= 11 is 0. The quantitative estimate of drug-likeness (QED) is 0.0204. The van der Waals surface area contributed by atoms with Gasteiger partial charge >= 0.3 is 0 Å². The van der Waals surface area contributed by atoms with E-state index in [-0.39, 0.29) is 18.9 Å². The molecule has 12 atom stereocenters. The molecule has 0 aromatic carbocycles. The summed E-state index contributed by atoms with van der Waals surface area (Å²) in [4.78, 5) is 13.3. The summed E-state index contributed by atoms with van der Waals surface area (Å²) < 4.78 is 22.8. The standard InChI is InChI=1S/C70H123NO13/c1-3-5-7-9-11-13-15-17-19-21-23-24-25-26-27-28-29-30-31-32-33-34-36-38-40-42-44-46-48-50-52-54-62(75)71-58(59(74)53-51-49-47-45-43-41-39-37-35-22-20-18-16-14-12-10-8-6-4-2)57-81-69-67(80)65(78)68(61(56-73)83-69)84-70-66(79)64(77)63(76)60(55-72)82-70/h5,7,11,13,17,19,23-24,26-27,43,45,51,53,58-61,63-70,72-74,76-80H,3-4,6,8-10,12,14-16,18,20-22,25,28-42,44,46-50,52,54-57H2,1-2H3,(H,71,75)/b7-5-,13-11-,19-17-,24-23-,27-26-,45-43+,53-51+. The maximum Gasteiger partial charge on any atom is 0.220 e. The maximum absolute atomic E-state index is 13.3. The van der Waals surface area contributed by atoms with Gasteiger partial charge in [-0.15, -0.1) is 0 Å². The van der Waals surface area contributed by atoms with E-state index in [1.807, 2.05) is 6.08 Å². The second kappa shape index (κ2) is 54.3. The van der Waals surface area contributed by atoms with Crippen molar-refractivity contribution >= 4 is 5.91 Å². The van der Waals surface area contributed by atoms with Crippen LogP contribution >= 0.6 is 0 Å². The number of carbonyl (C=O) groups is 1. The summed E-state index contributed by atoms with van der Waals surface area (Å²) in [6.07, 6.45) is 57.7. The lowest BCUT2D eigenvalue weighted by Gasteiger charge is -2.46. The van der Waals surface area contributed by atoms with Crippen LogP contribution in [-0.4, -0.2) is 140 Å². The number of carbonyl (C=O) groups excluding carboxylic acids is 1. The number of hydrogen-bond donors (Lipinski definition) is 9. The van der Waals surface area contributed by atoms with Crippen LogP contribution < -0.4 is 5.32 Å². The fourth-order valence-corrected chi connectivity index (χ4v) is 10.7. The van der Waals surface area contributed by atoms with Crippen molar-refractivity contribution in [3.8, 4) is 0 Å². The van der Waals surface area contributed by atoms with E-state index in [2.05, 4.69) is 92.1 Å². The average Bonchev–Trinajstić information content (AvgIpc) is 3.18. The summed E-state index contributed by atoms with van der Waals surface area (Å²) in [5.41, 5.74) is 0. The van der Waals surface area contributed by atoms with Crippen LogP contribution in [0.3, 0.4) is 0 Å². The van der Waals surface area contributed by atoms with Crippen molar-refractivity contribution < 1.29 is 64.6 Å². The Morgan fingerprint density at radius 2 is 0.833 bits per heavy atom. The van der Waals surface area contributed by atoms with Crippen LogP contribution in [0.4, 0.5) is 0 Å². The van der Waals surface area contributed by atoms with E-state index in [4.69, 9.17) is 18.9 Å². The number of rotatable bonds is 54. The molecule has 0 aromatic rings. The van der Waals surface area contributed by atoms with Gasteiger partial charge in [0.15, 0.2) is 12.6 Å². The fraction of sp³-hybridized carbons (Fsp3) is 0.786. The van der Waals surface area contributed by atoms with E-state index >= 15 is 0 Å². The highest BCUT2D eigenvalue weighted by molar-refractivity contribution is 5.76. The number of ether oxygens (including phenoxy) is 4. The third-order valence-electron chi connectivity index (χ3n) is 16.1. The van der Waals surface area contributed by atoms with E-state index in [1.54, 1.807) is 6.08 Å². The molecule has 84 heavy (non-hydrogen) atoms. The van der Waals surface area contributed by atoms with Crippen LogP contribution in [-0.2, 0) is 23.7 Å². The van der Waals surface area contributed by atoms with Gasteiger partial charge in [-0.3, -0.25) is 4.79 Å². The number of aliphatic hydroxyl groups is 8. The summed E-state index contributed by atoms with van der Waals surface area (Å²) in [5, 5.41) is 87.3. The SMILES string of the molecule is CC/C=C\C/C=C\C/C=C\C/C=C\C/C=C\CCCCCCCCCCCCCCCCCC(=O)NC(COC1OC(CO)C(OC2OC(CO)C(O)C(O)C2O)C(O)C1O)C(O)/C=C/CC/C=C/CCCCCCCCCCCCCCC. The summed E-state index contributed by atoms with van der Waals surface area (Å²) in [6, 6.07) is -0.936. The Labute approximate surface area is 510 Å². The van der Waals surface area contributed by atoms with Gasteiger partial charge in [-0.25, -0.2) is 0 Å². The molecule has 0 bridgehead atoms. The molecule has 2 aliphatic rings. The molecule has 12 unspecified atom stereocenters. The molecule has 1 amide bonds. The number of nitrogens with one attached hydrogen (secondary N) is 1. The van der Waals surface area contributed by atoms with Crippen LogP contribution in [0.2, 0.25) is 0 Å². The van der Waals surface area contributed by atoms with Gasteiger partial charge in [-0.05, 0) is 77.0 Å². The molecule has 2 rings (SSSR count). The maximum atomic E-state index is 13.3. The molecule has 0 aliphatic carbocycles. The number of unbranched alkanes of at least 4 members (excludes halogenated alkanes) is 29. The minimum Gasteiger partial charge on any atom is -0.394 e. The highest BCUT2D eigenvalue weighted by Gasteiger charge is 2.51. The summed E-state index contributed by atoms with van der Waals surface area (Å²) in [5.74, 6) is -0.250. The molecule has 9 N–H and O–H groups in total. The molecule has 486 valence electrons. The van der Waals surface area contributed by atoms with E-state index < -0.39 is 86.8 Å². The minimum atomic E-state index is -1.79. The van der Waals surface area contributed by atoms with E-state index in [0.717, 1.165) is 64.2 Å². The number of aliphatic hydroxyl groups excluding tert-OH is 8. The fourth-order valence-electron chi connectivity index (χ4n) is 10.7. The molecule has 2 heterocycles. The van der Waals surface area contributed by atoms with Gasteiger partial charge in [0.2, 0.25) is 5.91 Å². The molecule has 2 fully saturated rings. The van der Waals surface area contributed by atoms with Crippen LogP contribution in [0.25, 0.3) is 0 Å². The van der Waals surface area contributed by atoms with Gasteiger partial charge in [0.1, 0.15) is 48.8 Å². The zero-order valence-corrected chi connectivity index (χ0v) is 52.6. The second-order valence-electron chi connectivity index (χ2n) is 23.6. The van der Waals surface area contributed by atoms with Gasteiger partial charge in [0.05, 0.1) is 32.0 Å².